The maximum atomic E-state index is 13.5. The SMILES string of the molecule is CC(C)(C)NCc1ccc2c(c1)CCC[C@H]2NC(=O)C[C@H](Cc1c[nH]c2ccccc12)NS(=O)(=O)c1cccc(C(F)(F)F)c1. The number of fused-ring (bicyclic) bond motifs is 2. The monoisotopic (exact) mass is 640 g/mol. The Kier molecular flexibility index (Phi) is 9.44. The highest BCUT2D eigenvalue weighted by molar-refractivity contribution is 7.89. The van der Waals surface area contributed by atoms with Gasteiger partial charge in [0, 0.05) is 41.6 Å². The van der Waals surface area contributed by atoms with Crippen LogP contribution in [0.3, 0.4) is 0 Å². The number of benzene rings is 3. The van der Waals surface area contributed by atoms with Gasteiger partial charge in [-0.15, -0.1) is 0 Å². The van der Waals surface area contributed by atoms with E-state index in [9.17, 15) is 26.4 Å². The van der Waals surface area contributed by atoms with Gasteiger partial charge in [0.25, 0.3) is 0 Å². The number of aromatic amines is 1. The van der Waals surface area contributed by atoms with E-state index < -0.39 is 32.7 Å². The first-order valence-electron chi connectivity index (χ1n) is 15.1. The molecule has 0 aliphatic heterocycles. The molecular formula is C34H39F3N4O3S. The lowest BCUT2D eigenvalue weighted by Gasteiger charge is -2.28. The summed E-state index contributed by atoms with van der Waals surface area (Å²) < 4.78 is 69.3. The number of carbonyl (C=O) groups is 1. The van der Waals surface area contributed by atoms with Crippen molar-refractivity contribution >= 4 is 26.8 Å². The molecule has 0 saturated heterocycles. The number of alkyl halides is 3. The molecule has 0 fully saturated rings. The molecule has 0 unspecified atom stereocenters. The Morgan fingerprint density at radius 3 is 2.56 bits per heavy atom. The molecule has 0 radical (unpaired) electrons. The number of hydrogen-bond donors (Lipinski definition) is 4. The van der Waals surface area contributed by atoms with Gasteiger partial charge in [0.15, 0.2) is 0 Å². The van der Waals surface area contributed by atoms with Crippen molar-refractivity contribution in [1.29, 1.82) is 0 Å². The maximum absolute atomic E-state index is 13.5. The van der Waals surface area contributed by atoms with Crippen molar-refractivity contribution in [2.75, 3.05) is 0 Å². The summed E-state index contributed by atoms with van der Waals surface area (Å²) in [5, 5.41) is 7.48. The molecule has 1 aliphatic rings. The molecule has 240 valence electrons. The second kappa shape index (κ2) is 13.0. The molecule has 4 N–H and O–H groups in total. The average Bonchev–Trinajstić information content (AvgIpc) is 3.37. The zero-order valence-corrected chi connectivity index (χ0v) is 26.4. The van der Waals surface area contributed by atoms with E-state index in [2.05, 4.69) is 59.3 Å². The van der Waals surface area contributed by atoms with Crippen molar-refractivity contribution in [3.8, 4) is 0 Å². The van der Waals surface area contributed by atoms with Crippen LogP contribution < -0.4 is 15.4 Å². The largest absolute Gasteiger partial charge is 0.416 e. The molecule has 4 aromatic rings. The normalized spacial score (nSPS) is 16.4. The molecule has 11 heteroatoms. The summed E-state index contributed by atoms with van der Waals surface area (Å²) >= 11 is 0. The predicted octanol–water partition coefficient (Wildman–Crippen LogP) is 6.55. The molecule has 7 nitrogen and oxygen atoms in total. The van der Waals surface area contributed by atoms with Crippen LogP contribution in [0.2, 0.25) is 0 Å². The van der Waals surface area contributed by atoms with Crippen molar-refractivity contribution in [2.24, 2.45) is 0 Å². The molecule has 0 bridgehead atoms. The minimum Gasteiger partial charge on any atom is -0.361 e. The summed E-state index contributed by atoms with van der Waals surface area (Å²) in [7, 11) is -4.39. The summed E-state index contributed by atoms with van der Waals surface area (Å²) in [6.45, 7) is 7.07. The van der Waals surface area contributed by atoms with Crippen LogP contribution in [0, 0.1) is 0 Å². The number of sulfonamides is 1. The second-order valence-electron chi connectivity index (χ2n) is 12.8. The fourth-order valence-electron chi connectivity index (χ4n) is 5.82. The number of nitrogens with one attached hydrogen (secondary N) is 4. The minimum absolute atomic E-state index is 0.0156. The number of H-pyrrole nitrogens is 1. The number of halogens is 3. The van der Waals surface area contributed by atoms with Crippen LogP contribution >= 0.6 is 0 Å². The third kappa shape index (κ3) is 8.33. The molecule has 1 aliphatic carbocycles. The fraction of sp³-hybridized carbons (Fsp3) is 0.382. The molecule has 1 amide bonds. The van der Waals surface area contributed by atoms with E-state index in [1.165, 1.54) is 11.1 Å². The lowest BCUT2D eigenvalue weighted by Crippen LogP contribution is -2.41. The number of aromatic nitrogens is 1. The highest BCUT2D eigenvalue weighted by atomic mass is 32.2. The smallest absolute Gasteiger partial charge is 0.361 e. The van der Waals surface area contributed by atoms with Gasteiger partial charge in [-0.25, -0.2) is 13.1 Å². The molecule has 0 saturated carbocycles. The van der Waals surface area contributed by atoms with E-state index in [1.807, 2.05) is 24.3 Å². The van der Waals surface area contributed by atoms with Crippen LogP contribution in [0.25, 0.3) is 10.9 Å². The fourth-order valence-corrected chi connectivity index (χ4v) is 7.10. The Morgan fingerprint density at radius 2 is 1.80 bits per heavy atom. The Morgan fingerprint density at radius 1 is 1.02 bits per heavy atom. The van der Waals surface area contributed by atoms with E-state index in [0.717, 1.165) is 66.0 Å². The summed E-state index contributed by atoms with van der Waals surface area (Å²) in [6.07, 6.45) is -0.424. The summed E-state index contributed by atoms with van der Waals surface area (Å²) in [5.74, 6) is -0.345. The van der Waals surface area contributed by atoms with Gasteiger partial charge in [-0.1, -0.05) is 42.5 Å². The van der Waals surface area contributed by atoms with Gasteiger partial charge in [0.05, 0.1) is 16.5 Å². The molecule has 5 rings (SSSR count). The number of rotatable bonds is 10. The van der Waals surface area contributed by atoms with Crippen LogP contribution in [-0.2, 0) is 40.4 Å². The average molecular weight is 641 g/mol. The van der Waals surface area contributed by atoms with E-state index in [4.69, 9.17) is 0 Å². The predicted molar refractivity (Wildman–Crippen MR) is 169 cm³/mol. The van der Waals surface area contributed by atoms with Gasteiger partial charge >= 0.3 is 6.18 Å². The number of para-hydroxylation sites is 1. The molecule has 0 spiro atoms. The van der Waals surface area contributed by atoms with Crippen molar-refractivity contribution in [2.45, 2.75) is 88.1 Å². The van der Waals surface area contributed by atoms with Crippen LogP contribution in [0.4, 0.5) is 13.2 Å². The molecule has 1 aromatic heterocycles. The van der Waals surface area contributed by atoms with E-state index in [-0.39, 0.29) is 30.3 Å². The lowest BCUT2D eigenvalue weighted by molar-refractivity contribution is -0.137. The zero-order valence-electron chi connectivity index (χ0n) is 25.6. The molecule has 1 heterocycles. The Balaban J connectivity index is 1.36. The van der Waals surface area contributed by atoms with Crippen molar-refractivity contribution in [1.82, 2.24) is 20.3 Å². The Labute approximate surface area is 262 Å². The number of hydrogen-bond acceptors (Lipinski definition) is 4. The Bertz CT molecular complexity index is 1780. The third-order valence-electron chi connectivity index (χ3n) is 8.05. The summed E-state index contributed by atoms with van der Waals surface area (Å²) in [4.78, 5) is 16.1. The van der Waals surface area contributed by atoms with Crippen molar-refractivity contribution in [3.63, 3.8) is 0 Å². The number of aryl methyl sites for hydroxylation is 1. The van der Waals surface area contributed by atoms with Gasteiger partial charge in [-0.2, -0.15) is 13.2 Å². The summed E-state index contributed by atoms with van der Waals surface area (Å²) in [6, 6.07) is 16.3. The molecular weight excluding hydrogens is 601 g/mol. The van der Waals surface area contributed by atoms with Gasteiger partial charge in [-0.05, 0) is 93.0 Å². The first-order chi connectivity index (χ1) is 21.2. The van der Waals surface area contributed by atoms with Crippen LogP contribution in [-0.4, -0.2) is 30.9 Å². The van der Waals surface area contributed by atoms with Crippen LogP contribution in [0.1, 0.15) is 73.9 Å². The topological polar surface area (TPSA) is 103 Å². The van der Waals surface area contributed by atoms with Crippen LogP contribution in [0.15, 0.2) is 77.8 Å². The van der Waals surface area contributed by atoms with Crippen LogP contribution in [0.5, 0.6) is 0 Å². The molecule has 45 heavy (non-hydrogen) atoms. The van der Waals surface area contributed by atoms with Crippen molar-refractivity contribution in [3.05, 3.63) is 101 Å². The Hall–Kier alpha value is -3.67. The first kappa shape index (κ1) is 32.7. The number of carbonyl (C=O) groups excluding carboxylic acids is 1. The highest BCUT2D eigenvalue weighted by Crippen LogP contribution is 2.32. The molecule has 3 aromatic carbocycles. The molecule has 2 atom stereocenters. The van der Waals surface area contributed by atoms with Gasteiger partial charge in [0.2, 0.25) is 15.9 Å². The summed E-state index contributed by atoms with van der Waals surface area (Å²) in [5.41, 5.74) is 3.95. The first-order valence-corrected chi connectivity index (χ1v) is 16.6. The lowest BCUT2D eigenvalue weighted by atomic mass is 9.86. The van der Waals surface area contributed by atoms with Crippen molar-refractivity contribution < 1.29 is 26.4 Å². The quantitative estimate of drug-likeness (QED) is 0.158. The van der Waals surface area contributed by atoms with E-state index in [1.54, 1.807) is 6.20 Å². The maximum Gasteiger partial charge on any atom is 0.416 e. The van der Waals surface area contributed by atoms with E-state index >= 15 is 0 Å². The number of amides is 1. The van der Waals surface area contributed by atoms with E-state index in [0.29, 0.717) is 6.07 Å². The van der Waals surface area contributed by atoms with Gasteiger partial charge in [0.1, 0.15) is 0 Å². The minimum atomic E-state index is -4.70. The van der Waals surface area contributed by atoms with Gasteiger partial charge < -0.3 is 15.6 Å². The van der Waals surface area contributed by atoms with Gasteiger partial charge in [-0.3, -0.25) is 4.79 Å². The highest BCUT2D eigenvalue weighted by Gasteiger charge is 2.33. The zero-order chi connectivity index (χ0) is 32.4. The second-order valence-corrected chi connectivity index (χ2v) is 14.5. The standard InChI is InChI=1S/C34H39F3N4O3S/c1-33(2,3)39-20-22-14-15-29-23(16-22)8-6-13-31(29)40-32(42)19-26(17-24-21-38-30-12-5-4-11-28(24)30)41-45(43,44)27-10-7-9-25(18-27)34(35,36)37/h4-5,7,9-12,14-16,18,21,26,31,38-39,41H,6,8,13,17,19-20H2,1-3H3,(H,40,42)/t26-,31+/m0/s1. The third-order valence-corrected chi connectivity index (χ3v) is 9.56.